The molecule has 0 aliphatic carbocycles. The lowest BCUT2D eigenvalue weighted by Gasteiger charge is -2.08. The molecule has 0 saturated carbocycles. The second-order valence-electron chi connectivity index (χ2n) is 3.72. The highest BCUT2D eigenvalue weighted by Gasteiger charge is 2.12. The maximum Gasteiger partial charge on any atom is 0.308 e. The summed E-state index contributed by atoms with van der Waals surface area (Å²) in [6.45, 7) is 3.13. The molecule has 0 fully saturated rings. The van der Waals surface area contributed by atoms with E-state index in [1.54, 1.807) is 12.1 Å². The summed E-state index contributed by atoms with van der Waals surface area (Å²) in [5.74, 6) is -0.238. The molecule has 1 aromatic carbocycles. The Morgan fingerprint density at radius 2 is 2.00 bits per heavy atom. The number of aromatic nitrogens is 1. The van der Waals surface area contributed by atoms with Crippen molar-refractivity contribution < 1.29 is 14.3 Å². The molecule has 0 bridgehead atoms. The second kappa shape index (κ2) is 4.33. The highest BCUT2D eigenvalue weighted by molar-refractivity contribution is 5.95. The Hall–Kier alpha value is -2.23. The first kappa shape index (κ1) is 11.3. The van der Waals surface area contributed by atoms with E-state index in [4.69, 9.17) is 4.74 Å². The smallest absolute Gasteiger partial charge is 0.308 e. The van der Waals surface area contributed by atoms with Gasteiger partial charge in [-0.2, -0.15) is 0 Å². The molecule has 0 unspecified atom stereocenters. The van der Waals surface area contributed by atoms with Crippen LogP contribution >= 0.6 is 0 Å². The Morgan fingerprint density at radius 3 is 2.65 bits per heavy atom. The van der Waals surface area contributed by atoms with E-state index in [9.17, 15) is 9.59 Å². The van der Waals surface area contributed by atoms with Gasteiger partial charge in [0.1, 0.15) is 5.52 Å². The van der Waals surface area contributed by atoms with Gasteiger partial charge in [-0.3, -0.25) is 9.59 Å². The third-order valence-corrected chi connectivity index (χ3v) is 2.36. The summed E-state index contributed by atoms with van der Waals surface area (Å²) in [4.78, 5) is 26.3. The normalized spacial score (nSPS) is 10.2. The SMILES string of the molecule is CC(=O)Oc1c(C=O)ccc2ccc(C)nc12. The maximum atomic E-state index is 11.0. The Balaban J connectivity index is 2.76. The molecule has 4 heteroatoms. The van der Waals surface area contributed by atoms with E-state index < -0.39 is 5.97 Å². The summed E-state index contributed by atoms with van der Waals surface area (Å²) in [5.41, 5.74) is 1.66. The van der Waals surface area contributed by atoms with E-state index in [-0.39, 0.29) is 5.75 Å². The third kappa shape index (κ3) is 2.15. The van der Waals surface area contributed by atoms with Gasteiger partial charge in [-0.1, -0.05) is 12.1 Å². The van der Waals surface area contributed by atoms with Crippen LogP contribution in [0.2, 0.25) is 0 Å². The summed E-state index contributed by atoms with van der Waals surface area (Å²) >= 11 is 0. The third-order valence-electron chi connectivity index (χ3n) is 2.36. The zero-order chi connectivity index (χ0) is 12.4. The van der Waals surface area contributed by atoms with E-state index in [1.807, 2.05) is 19.1 Å². The second-order valence-corrected chi connectivity index (χ2v) is 3.72. The van der Waals surface area contributed by atoms with E-state index in [2.05, 4.69) is 4.98 Å². The van der Waals surface area contributed by atoms with Gasteiger partial charge in [-0.05, 0) is 19.1 Å². The zero-order valence-electron chi connectivity index (χ0n) is 9.56. The zero-order valence-corrected chi connectivity index (χ0v) is 9.56. The van der Waals surface area contributed by atoms with Gasteiger partial charge in [0.15, 0.2) is 12.0 Å². The monoisotopic (exact) mass is 229 g/mol. The van der Waals surface area contributed by atoms with Crippen molar-refractivity contribution in [2.24, 2.45) is 0 Å². The average Bonchev–Trinajstić information content (AvgIpc) is 2.29. The Labute approximate surface area is 98.2 Å². The molecular weight excluding hydrogens is 218 g/mol. The largest absolute Gasteiger partial charge is 0.424 e. The molecule has 0 aliphatic rings. The molecule has 2 rings (SSSR count). The van der Waals surface area contributed by atoms with Gasteiger partial charge in [0.2, 0.25) is 0 Å². The Kier molecular flexibility index (Phi) is 2.87. The molecule has 17 heavy (non-hydrogen) atoms. The number of rotatable bonds is 2. The highest BCUT2D eigenvalue weighted by Crippen LogP contribution is 2.27. The van der Waals surface area contributed by atoms with Crippen LogP contribution in [0.3, 0.4) is 0 Å². The fourth-order valence-corrected chi connectivity index (χ4v) is 1.62. The van der Waals surface area contributed by atoms with Crippen LogP contribution in [0.15, 0.2) is 24.3 Å². The van der Waals surface area contributed by atoms with Crippen LogP contribution < -0.4 is 4.74 Å². The maximum absolute atomic E-state index is 11.0. The minimum atomic E-state index is -0.469. The van der Waals surface area contributed by atoms with Crippen LogP contribution in [0, 0.1) is 6.92 Å². The van der Waals surface area contributed by atoms with E-state index >= 15 is 0 Å². The number of aldehydes is 1. The standard InChI is InChI=1S/C13H11NO3/c1-8-3-4-10-5-6-11(7-15)13(12(10)14-8)17-9(2)16/h3-7H,1-2H3. The van der Waals surface area contributed by atoms with Crippen LogP contribution in [0.5, 0.6) is 5.75 Å². The molecule has 1 heterocycles. The molecule has 0 radical (unpaired) electrons. The summed E-state index contributed by atoms with van der Waals surface area (Å²) in [7, 11) is 0. The van der Waals surface area contributed by atoms with Gasteiger partial charge in [0, 0.05) is 18.0 Å². The molecule has 4 nitrogen and oxygen atoms in total. The number of esters is 1. The topological polar surface area (TPSA) is 56.3 Å². The van der Waals surface area contributed by atoms with Crippen LogP contribution in [0.4, 0.5) is 0 Å². The molecular formula is C13H11NO3. The summed E-state index contributed by atoms with van der Waals surface area (Å²) in [6, 6.07) is 7.13. The lowest BCUT2D eigenvalue weighted by atomic mass is 10.1. The number of pyridine rings is 1. The van der Waals surface area contributed by atoms with Crippen LogP contribution in [0.25, 0.3) is 10.9 Å². The number of hydrogen-bond donors (Lipinski definition) is 0. The number of fused-ring (bicyclic) bond motifs is 1. The van der Waals surface area contributed by atoms with Crippen molar-refractivity contribution in [3.05, 3.63) is 35.5 Å². The lowest BCUT2D eigenvalue weighted by molar-refractivity contribution is -0.131. The van der Waals surface area contributed by atoms with Crippen molar-refractivity contribution in [2.75, 3.05) is 0 Å². The minimum Gasteiger partial charge on any atom is -0.424 e. The highest BCUT2D eigenvalue weighted by atomic mass is 16.5. The number of ether oxygens (including phenoxy) is 1. The van der Waals surface area contributed by atoms with Crippen molar-refractivity contribution in [1.29, 1.82) is 0 Å². The van der Waals surface area contributed by atoms with Gasteiger partial charge >= 0.3 is 5.97 Å². The van der Waals surface area contributed by atoms with Crippen molar-refractivity contribution in [1.82, 2.24) is 4.98 Å². The fraction of sp³-hybridized carbons (Fsp3) is 0.154. The van der Waals surface area contributed by atoms with E-state index in [0.717, 1.165) is 11.1 Å². The fourth-order valence-electron chi connectivity index (χ4n) is 1.62. The number of nitrogens with zero attached hydrogens (tertiary/aromatic N) is 1. The van der Waals surface area contributed by atoms with E-state index in [1.165, 1.54) is 6.92 Å². The Bertz CT molecular complexity index is 605. The molecule has 0 atom stereocenters. The number of benzene rings is 1. The Morgan fingerprint density at radius 1 is 1.29 bits per heavy atom. The number of hydrogen-bond acceptors (Lipinski definition) is 4. The van der Waals surface area contributed by atoms with Gasteiger partial charge in [0.05, 0.1) is 5.56 Å². The van der Waals surface area contributed by atoms with Crippen molar-refractivity contribution in [3.63, 3.8) is 0 Å². The van der Waals surface area contributed by atoms with Gasteiger partial charge < -0.3 is 4.74 Å². The molecule has 0 saturated heterocycles. The number of carbonyl (C=O) groups excluding carboxylic acids is 2. The molecule has 0 N–H and O–H groups in total. The molecule has 0 amide bonds. The lowest BCUT2D eigenvalue weighted by Crippen LogP contribution is -2.05. The first-order chi connectivity index (χ1) is 8.11. The molecule has 1 aromatic heterocycles. The van der Waals surface area contributed by atoms with Gasteiger partial charge in [-0.25, -0.2) is 4.98 Å². The minimum absolute atomic E-state index is 0.230. The van der Waals surface area contributed by atoms with E-state index in [0.29, 0.717) is 17.4 Å². The van der Waals surface area contributed by atoms with Crippen molar-refractivity contribution in [2.45, 2.75) is 13.8 Å². The predicted octanol–water partition coefficient (Wildman–Crippen LogP) is 2.28. The summed E-state index contributed by atoms with van der Waals surface area (Å²) in [5, 5.41) is 0.831. The van der Waals surface area contributed by atoms with Crippen LogP contribution in [-0.2, 0) is 4.79 Å². The quantitative estimate of drug-likeness (QED) is 0.450. The van der Waals surface area contributed by atoms with Crippen LogP contribution in [-0.4, -0.2) is 17.2 Å². The number of carbonyl (C=O) groups is 2. The predicted molar refractivity (Wildman–Crippen MR) is 63.2 cm³/mol. The van der Waals surface area contributed by atoms with Gasteiger partial charge in [-0.15, -0.1) is 0 Å². The van der Waals surface area contributed by atoms with Crippen molar-refractivity contribution >= 4 is 23.2 Å². The summed E-state index contributed by atoms with van der Waals surface area (Å²) < 4.78 is 5.07. The van der Waals surface area contributed by atoms with Crippen molar-refractivity contribution in [3.8, 4) is 5.75 Å². The first-order valence-electron chi connectivity index (χ1n) is 5.16. The average molecular weight is 229 g/mol. The summed E-state index contributed by atoms with van der Waals surface area (Å²) in [6.07, 6.45) is 0.654. The molecule has 0 spiro atoms. The molecule has 2 aromatic rings. The van der Waals surface area contributed by atoms with Gasteiger partial charge in [0.25, 0.3) is 0 Å². The molecule has 0 aliphatic heterocycles. The number of aryl methyl sites for hydroxylation is 1. The van der Waals surface area contributed by atoms with Crippen LogP contribution in [0.1, 0.15) is 23.0 Å². The molecule has 86 valence electrons. The first-order valence-corrected chi connectivity index (χ1v) is 5.16.